The smallest absolute Gasteiger partial charge is 0.264 e. The molecule has 6 amide bonds. The highest BCUT2D eigenvalue weighted by Gasteiger charge is 2.46. The van der Waals surface area contributed by atoms with Crippen LogP contribution in [0.15, 0.2) is 55.0 Å². The summed E-state index contributed by atoms with van der Waals surface area (Å²) >= 11 is 12.8. The van der Waals surface area contributed by atoms with E-state index in [0.29, 0.717) is 113 Å². The number of methoxy groups -OCH3 is 1. The van der Waals surface area contributed by atoms with Gasteiger partial charge in [0.25, 0.3) is 11.8 Å². The van der Waals surface area contributed by atoms with Crippen LogP contribution in [0.2, 0.25) is 10.0 Å². The summed E-state index contributed by atoms with van der Waals surface area (Å²) in [6.07, 6.45) is 5.12. The quantitative estimate of drug-likeness (QED) is 0.152. The molecule has 0 aliphatic carbocycles. The lowest BCUT2D eigenvalue weighted by molar-refractivity contribution is -0.140. The third-order valence-electron chi connectivity index (χ3n) is 12.7. The van der Waals surface area contributed by atoms with Gasteiger partial charge >= 0.3 is 0 Å². The summed E-state index contributed by atoms with van der Waals surface area (Å²) < 4.78 is 11.9. The number of hydrogen-bond donors (Lipinski definition) is 3. The lowest BCUT2D eigenvalue weighted by atomic mass is 9.95. The van der Waals surface area contributed by atoms with Gasteiger partial charge < -0.3 is 29.5 Å². The number of benzene rings is 2. The number of H-pyrrole nitrogens is 1. The van der Waals surface area contributed by atoms with Crippen LogP contribution in [0, 0.1) is 17.2 Å². The molecule has 3 N–H and O–H groups in total. The molecule has 21 heteroatoms. The van der Waals surface area contributed by atoms with Gasteiger partial charge in [0.15, 0.2) is 11.5 Å². The van der Waals surface area contributed by atoms with Crippen molar-refractivity contribution >= 4 is 81.1 Å². The zero-order valence-electron chi connectivity index (χ0n) is 36.3. The maximum atomic E-state index is 13.7. The van der Waals surface area contributed by atoms with Crippen LogP contribution < -0.4 is 25.0 Å². The lowest BCUT2D eigenvalue weighted by Gasteiger charge is -2.39. The molecule has 344 valence electrons. The number of anilines is 2. The summed E-state index contributed by atoms with van der Waals surface area (Å²) in [5, 5.41) is 24.5. The molecule has 0 radical (unpaired) electrons. The molecular formula is C46H43Cl2N11O8. The minimum absolute atomic E-state index is 0.00647. The van der Waals surface area contributed by atoms with Crippen LogP contribution in [0.1, 0.15) is 70.6 Å². The van der Waals surface area contributed by atoms with Crippen molar-refractivity contribution in [2.24, 2.45) is 5.92 Å². The maximum Gasteiger partial charge on any atom is 0.264 e. The zero-order chi connectivity index (χ0) is 47.1. The van der Waals surface area contributed by atoms with E-state index in [4.69, 9.17) is 37.7 Å². The molecule has 7 heterocycles. The van der Waals surface area contributed by atoms with E-state index in [9.17, 15) is 34.0 Å². The number of aromatic nitrogens is 4. The van der Waals surface area contributed by atoms with Gasteiger partial charge in [0.2, 0.25) is 23.6 Å². The molecule has 3 saturated heterocycles. The average molecular weight is 949 g/mol. The van der Waals surface area contributed by atoms with E-state index in [-0.39, 0.29) is 53.9 Å². The number of hydrogen-bond acceptors (Lipinski definition) is 14. The third kappa shape index (κ3) is 8.53. The molecule has 0 spiro atoms. The van der Waals surface area contributed by atoms with E-state index < -0.39 is 35.8 Å². The Morgan fingerprint density at radius 3 is 2.39 bits per heavy atom. The number of imide groups is 2. The van der Waals surface area contributed by atoms with Crippen LogP contribution in [0.4, 0.5) is 11.5 Å². The van der Waals surface area contributed by atoms with Crippen molar-refractivity contribution in [1.29, 1.82) is 5.26 Å². The SMILES string of the molecule is COc1cc2[nH]nc(-c3cnc(N4CCN(C(=O)C5CCN(C(=O)CNc6cccc7c6C(=O)N(C6CCC(=O)NC6=O)C7=O)CC5)CC4)c(C#N)c3)c2cc1O[C@H](C)c1c(Cl)cncc1Cl. The number of nitrogens with one attached hydrogen (secondary N) is 3. The van der Waals surface area contributed by atoms with Gasteiger partial charge in [0.05, 0.1) is 45.9 Å². The molecular weight excluding hydrogens is 905 g/mol. The monoisotopic (exact) mass is 947 g/mol. The summed E-state index contributed by atoms with van der Waals surface area (Å²) in [5.74, 6) is -1.55. The number of ether oxygens (including phenoxy) is 2. The number of carbonyl (C=O) groups is 6. The maximum absolute atomic E-state index is 13.7. The van der Waals surface area contributed by atoms with Crippen molar-refractivity contribution in [2.75, 3.05) is 63.1 Å². The molecule has 5 aromatic rings. The standard InChI is InChI=1S/C46H43Cl2N11O8/c1-24(39-30(47)21-50-22-31(39)48)67-36-17-29-33(18-35(36)66-2)54-55-41(29)27-16-26(19-49)42(52-20-27)57-12-14-58(15-13-57)44(63)25-8-10-56(11-9-25)38(61)23-51-32-5-3-4-28-40(32)46(65)59(45(28)64)34-6-7-37(60)53-43(34)62/h3-5,16-18,20-22,24-25,34,51H,6-15,23H2,1-2H3,(H,54,55)(H,53,60,62)/t24-,34?/m1/s1. The second-order valence-electron chi connectivity index (χ2n) is 16.6. The predicted octanol–water partition coefficient (Wildman–Crippen LogP) is 4.75. The van der Waals surface area contributed by atoms with Crippen LogP contribution in [0.5, 0.6) is 11.5 Å². The molecule has 0 saturated carbocycles. The molecule has 9 rings (SSSR count). The van der Waals surface area contributed by atoms with Gasteiger partial charge in [-0.05, 0) is 50.5 Å². The van der Waals surface area contributed by atoms with Crippen molar-refractivity contribution in [3.8, 4) is 28.8 Å². The van der Waals surface area contributed by atoms with E-state index in [1.807, 2.05) is 16.7 Å². The Labute approximate surface area is 393 Å². The summed E-state index contributed by atoms with van der Waals surface area (Å²) in [7, 11) is 1.54. The first-order valence-corrected chi connectivity index (χ1v) is 22.4. The van der Waals surface area contributed by atoms with Crippen LogP contribution in [-0.2, 0) is 19.2 Å². The van der Waals surface area contributed by atoms with Gasteiger partial charge in [0.1, 0.15) is 29.7 Å². The first kappa shape index (κ1) is 44.9. The normalized spacial score (nSPS) is 18.2. The van der Waals surface area contributed by atoms with Crippen LogP contribution in [0.3, 0.4) is 0 Å². The van der Waals surface area contributed by atoms with Crippen molar-refractivity contribution in [3.05, 3.63) is 87.3 Å². The van der Waals surface area contributed by atoms with Gasteiger partial charge in [0, 0.05) is 98.5 Å². The molecule has 2 aromatic carbocycles. The first-order valence-electron chi connectivity index (χ1n) is 21.7. The fourth-order valence-electron chi connectivity index (χ4n) is 9.19. The number of carbonyl (C=O) groups excluding carboxylic acids is 6. The van der Waals surface area contributed by atoms with Crippen molar-refractivity contribution in [2.45, 2.75) is 44.8 Å². The topological polar surface area (TPSA) is 236 Å². The minimum atomic E-state index is -1.10. The molecule has 67 heavy (non-hydrogen) atoms. The highest BCUT2D eigenvalue weighted by Crippen LogP contribution is 2.41. The van der Waals surface area contributed by atoms with E-state index in [1.54, 1.807) is 41.4 Å². The Kier molecular flexibility index (Phi) is 12.4. The van der Waals surface area contributed by atoms with Gasteiger partial charge in [-0.3, -0.25) is 49.1 Å². The minimum Gasteiger partial charge on any atom is -0.493 e. The highest BCUT2D eigenvalue weighted by molar-refractivity contribution is 6.35. The van der Waals surface area contributed by atoms with Crippen LogP contribution in [-0.4, -0.2) is 129 Å². The van der Waals surface area contributed by atoms with Crippen molar-refractivity contribution < 1.29 is 38.2 Å². The van der Waals surface area contributed by atoms with E-state index in [1.165, 1.54) is 25.6 Å². The van der Waals surface area contributed by atoms with Crippen molar-refractivity contribution in [3.63, 3.8) is 0 Å². The molecule has 4 aliphatic heterocycles. The number of amides is 6. The molecule has 1 unspecified atom stereocenters. The predicted molar refractivity (Wildman–Crippen MR) is 244 cm³/mol. The second-order valence-corrected chi connectivity index (χ2v) is 17.4. The fraction of sp³-hybridized carbons (Fsp3) is 0.348. The number of halogens is 2. The van der Waals surface area contributed by atoms with E-state index in [2.05, 4.69) is 31.9 Å². The third-order valence-corrected chi connectivity index (χ3v) is 13.3. The highest BCUT2D eigenvalue weighted by atomic mass is 35.5. The largest absolute Gasteiger partial charge is 0.493 e. The van der Waals surface area contributed by atoms with Gasteiger partial charge in [-0.2, -0.15) is 10.4 Å². The Morgan fingerprint density at radius 2 is 1.69 bits per heavy atom. The van der Waals surface area contributed by atoms with Crippen LogP contribution >= 0.6 is 23.2 Å². The summed E-state index contributed by atoms with van der Waals surface area (Å²) in [4.78, 5) is 93.1. The van der Waals surface area contributed by atoms with Crippen LogP contribution in [0.25, 0.3) is 22.2 Å². The van der Waals surface area contributed by atoms with Gasteiger partial charge in [-0.15, -0.1) is 0 Å². The number of likely N-dealkylation sites (tertiary alicyclic amines) is 1. The number of nitrogens with zero attached hydrogens (tertiary/aromatic N) is 8. The average Bonchev–Trinajstić information content (AvgIpc) is 3.86. The number of aromatic amines is 1. The molecule has 3 aromatic heterocycles. The lowest BCUT2D eigenvalue weighted by Crippen LogP contribution is -2.54. The number of pyridine rings is 2. The van der Waals surface area contributed by atoms with Crippen molar-refractivity contribution in [1.82, 2.24) is 40.2 Å². The molecule has 2 atom stereocenters. The number of nitriles is 1. The van der Waals surface area contributed by atoms with Gasteiger partial charge in [-0.1, -0.05) is 29.3 Å². The molecule has 3 fully saturated rings. The Bertz CT molecular complexity index is 2880. The Balaban J connectivity index is 0.788. The zero-order valence-corrected chi connectivity index (χ0v) is 37.8. The first-order chi connectivity index (χ1) is 32.3. The summed E-state index contributed by atoms with van der Waals surface area (Å²) in [5.41, 5.74) is 3.25. The Hall–Kier alpha value is -7.30. The second kappa shape index (κ2) is 18.5. The fourth-order valence-corrected chi connectivity index (χ4v) is 9.87. The summed E-state index contributed by atoms with van der Waals surface area (Å²) in [6.45, 7) is 4.20. The van der Waals surface area contributed by atoms with Gasteiger partial charge in [-0.25, -0.2) is 4.98 Å². The van der Waals surface area contributed by atoms with E-state index >= 15 is 0 Å². The number of fused-ring (bicyclic) bond motifs is 2. The number of piperazine rings is 1. The molecule has 19 nitrogen and oxygen atoms in total. The molecule has 0 bridgehead atoms. The molecule has 4 aliphatic rings. The number of rotatable bonds is 11. The van der Waals surface area contributed by atoms with E-state index in [0.717, 1.165) is 4.90 Å². The Morgan fingerprint density at radius 1 is 0.940 bits per heavy atom. The number of piperidine rings is 2. The summed E-state index contributed by atoms with van der Waals surface area (Å²) in [6, 6.07) is 11.2.